The molecular formula is C21H25ClN4O3. The molecule has 0 aliphatic carbocycles. The van der Waals surface area contributed by atoms with Crippen molar-refractivity contribution in [1.29, 1.82) is 0 Å². The molecular weight excluding hydrogens is 392 g/mol. The van der Waals surface area contributed by atoms with Crippen LogP contribution in [0.2, 0.25) is 5.02 Å². The monoisotopic (exact) mass is 416 g/mol. The van der Waals surface area contributed by atoms with Gasteiger partial charge in [0.1, 0.15) is 22.5 Å². The second-order valence-electron chi connectivity index (χ2n) is 8.49. The quantitative estimate of drug-likeness (QED) is 0.598. The minimum atomic E-state index is -0.519. The molecule has 1 aliphatic rings. The standard InChI is InChI=1S/C21H25ClN4O3/c1-12-23-17-15-10-13(22)6-7-16(15)28-18(17)19(24-12)26-9-8-14(11-26)25(5)20(27)29-21(2,3)4/h6-7,10,14H,8-9,11H2,1-5H3/t14-/m1/s1. The average Bonchev–Trinajstić information content (AvgIpc) is 3.24. The molecule has 0 N–H and O–H groups in total. The van der Waals surface area contributed by atoms with E-state index in [-0.39, 0.29) is 12.1 Å². The summed E-state index contributed by atoms with van der Waals surface area (Å²) in [5.74, 6) is 1.42. The Morgan fingerprint density at radius 2 is 2.10 bits per heavy atom. The molecule has 1 amide bonds. The number of halogens is 1. The maximum absolute atomic E-state index is 12.4. The Kier molecular flexibility index (Phi) is 4.81. The fourth-order valence-corrected chi connectivity index (χ4v) is 3.83. The van der Waals surface area contributed by atoms with Gasteiger partial charge in [-0.25, -0.2) is 14.8 Å². The molecule has 1 atom stereocenters. The molecule has 0 spiro atoms. The topological polar surface area (TPSA) is 71.7 Å². The van der Waals surface area contributed by atoms with Gasteiger partial charge in [-0.15, -0.1) is 0 Å². The minimum absolute atomic E-state index is 0.0361. The highest BCUT2D eigenvalue weighted by molar-refractivity contribution is 6.31. The summed E-state index contributed by atoms with van der Waals surface area (Å²) in [5.41, 5.74) is 1.62. The Labute approximate surface area is 174 Å². The Hall–Kier alpha value is -2.54. The number of hydrogen-bond donors (Lipinski definition) is 0. The van der Waals surface area contributed by atoms with Crippen molar-refractivity contribution in [3.05, 3.63) is 29.0 Å². The van der Waals surface area contributed by atoms with Crippen LogP contribution in [0.1, 0.15) is 33.0 Å². The van der Waals surface area contributed by atoms with Crippen molar-refractivity contribution in [2.75, 3.05) is 25.0 Å². The van der Waals surface area contributed by atoms with E-state index in [0.717, 1.165) is 35.3 Å². The van der Waals surface area contributed by atoms with Crippen LogP contribution in [0.5, 0.6) is 0 Å². The fraction of sp³-hybridized carbons (Fsp3) is 0.476. The van der Waals surface area contributed by atoms with E-state index in [4.69, 9.17) is 20.8 Å². The van der Waals surface area contributed by atoms with Gasteiger partial charge < -0.3 is 19.0 Å². The number of ether oxygens (including phenoxy) is 1. The van der Waals surface area contributed by atoms with E-state index in [9.17, 15) is 4.79 Å². The first-order valence-corrected chi connectivity index (χ1v) is 10.1. The lowest BCUT2D eigenvalue weighted by Gasteiger charge is -2.28. The number of nitrogens with zero attached hydrogens (tertiary/aromatic N) is 4. The smallest absolute Gasteiger partial charge is 0.410 e. The third-order valence-electron chi connectivity index (χ3n) is 5.06. The first-order valence-electron chi connectivity index (χ1n) is 9.69. The number of rotatable bonds is 2. The molecule has 154 valence electrons. The van der Waals surface area contributed by atoms with Gasteiger partial charge in [-0.2, -0.15) is 0 Å². The number of benzene rings is 1. The second-order valence-corrected chi connectivity index (χ2v) is 8.93. The number of amides is 1. The maximum Gasteiger partial charge on any atom is 0.410 e. The highest BCUT2D eigenvalue weighted by Gasteiger charge is 2.33. The third-order valence-corrected chi connectivity index (χ3v) is 5.30. The van der Waals surface area contributed by atoms with Crippen LogP contribution in [0.4, 0.5) is 10.6 Å². The first kappa shape index (κ1) is 19.8. The third kappa shape index (κ3) is 3.83. The molecule has 1 fully saturated rings. The maximum atomic E-state index is 12.4. The van der Waals surface area contributed by atoms with Crippen molar-refractivity contribution in [2.45, 2.75) is 45.8 Å². The van der Waals surface area contributed by atoms with Gasteiger partial charge in [-0.3, -0.25) is 0 Å². The van der Waals surface area contributed by atoms with E-state index in [1.165, 1.54) is 0 Å². The van der Waals surface area contributed by atoms with Crippen molar-refractivity contribution in [3.8, 4) is 0 Å². The zero-order chi connectivity index (χ0) is 20.9. The zero-order valence-electron chi connectivity index (χ0n) is 17.3. The molecule has 3 aromatic rings. The number of carbonyl (C=O) groups is 1. The van der Waals surface area contributed by atoms with Gasteiger partial charge in [0.25, 0.3) is 0 Å². The molecule has 1 aromatic carbocycles. The number of furan rings is 1. The van der Waals surface area contributed by atoms with Gasteiger partial charge in [-0.05, 0) is 52.3 Å². The average molecular weight is 417 g/mol. The summed E-state index contributed by atoms with van der Waals surface area (Å²) in [6.07, 6.45) is 0.513. The summed E-state index contributed by atoms with van der Waals surface area (Å²) >= 11 is 6.17. The summed E-state index contributed by atoms with van der Waals surface area (Å²) < 4.78 is 11.6. The van der Waals surface area contributed by atoms with Crippen molar-refractivity contribution < 1.29 is 13.9 Å². The predicted molar refractivity (Wildman–Crippen MR) is 114 cm³/mol. The second kappa shape index (κ2) is 7.06. The van der Waals surface area contributed by atoms with E-state index in [1.807, 2.05) is 39.8 Å². The summed E-state index contributed by atoms with van der Waals surface area (Å²) in [4.78, 5) is 25.5. The lowest BCUT2D eigenvalue weighted by molar-refractivity contribution is 0.0238. The number of fused-ring (bicyclic) bond motifs is 3. The Bertz CT molecular complexity index is 1090. The van der Waals surface area contributed by atoms with Crippen LogP contribution in [0.15, 0.2) is 22.6 Å². The molecule has 1 saturated heterocycles. The summed E-state index contributed by atoms with van der Waals surface area (Å²) in [6.45, 7) is 8.89. The summed E-state index contributed by atoms with van der Waals surface area (Å²) in [7, 11) is 1.78. The van der Waals surface area contributed by atoms with Crippen molar-refractivity contribution in [1.82, 2.24) is 14.9 Å². The minimum Gasteiger partial charge on any atom is -0.450 e. The van der Waals surface area contributed by atoms with E-state index >= 15 is 0 Å². The molecule has 0 radical (unpaired) electrons. The highest BCUT2D eigenvalue weighted by Crippen LogP contribution is 2.35. The zero-order valence-corrected chi connectivity index (χ0v) is 18.1. The van der Waals surface area contributed by atoms with Crippen LogP contribution < -0.4 is 4.90 Å². The first-order chi connectivity index (χ1) is 13.6. The largest absolute Gasteiger partial charge is 0.450 e. The van der Waals surface area contributed by atoms with Gasteiger partial charge in [0.15, 0.2) is 11.4 Å². The lowest BCUT2D eigenvalue weighted by Crippen LogP contribution is -2.42. The van der Waals surface area contributed by atoms with E-state index in [0.29, 0.717) is 23.0 Å². The van der Waals surface area contributed by atoms with Gasteiger partial charge in [-0.1, -0.05) is 11.6 Å². The molecule has 0 bridgehead atoms. The van der Waals surface area contributed by atoms with Gasteiger partial charge in [0, 0.05) is 30.5 Å². The Morgan fingerprint density at radius 3 is 2.83 bits per heavy atom. The van der Waals surface area contributed by atoms with Crippen LogP contribution in [0.25, 0.3) is 22.1 Å². The van der Waals surface area contributed by atoms with Crippen LogP contribution >= 0.6 is 11.6 Å². The Balaban J connectivity index is 1.64. The predicted octanol–water partition coefficient (Wildman–Crippen LogP) is 4.78. The van der Waals surface area contributed by atoms with Gasteiger partial charge in [0.05, 0.1) is 6.04 Å². The molecule has 4 rings (SSSR count). The molecule has 0 saturated carbocycles. The summed E-state index contributed by atoms with van der Waals surface area (Å²) in [6, 6.07) is 5.55. The van der Waals surface area contributed by atoms with E-state index in [2.05, 4.69) is 14.9 Å². The van der Waals surface area contributed by atoms with Crippen LogP contribution in [0.3, 0.4) is 0 Å². The van der Waals surface area contributed by atoms with E-state index in [1.54, 1.807) is 18.0 Å². The summed E-state index contributed by atoms with van der Waals surface area (Å²) in [5, 5.41) is 1.51. The lowest BCUT2D eigenvalue weighted by atomic mass is 10.2. The SMILES string of the molecule is Cc1nc(N2CC[C@@H](N(C)C(=O)OC(C)(C)C)C2)c2oc3ccc(Cl)cc3c2n1. The van der Waals surface area contributed by atoms with Crippen molar-refractivity contribution in [3.63, 3.8) is 0 Å². The van der Waals surface area contributed by atoms with Gasteiger partial charge in [0.2, 0.25) is 0 Å². The Morgan fingerprint density at radius 1 is 1.34 bits per heavy atom. The van der Waals surface area contributed by atoms with E-state index < -0.39 is 5.60 Å². The number of hydrogen-bond acceptors (Lipinski definition) is 6. The van der Waals surface area contributed by atoms with Gasteiger partial charge >= 0.3 is 6.09 Å². The molecule has 0 unspecified atom stereocenters. The van der Waals surface area contributed by atoms with Crippen LogP contribution in [-0.4, -0.2) is 52.7 Å². The molecule has 2 aromatic heterocycles. The molecule has 1 aliphatic heterocycles. The highest BCUT2D eigenvalue weighted by atomic mass is 35.5. The molecule has 8 heteroatoms. The molecule has 3 heterocycles. The van der Waals surface area contributed by atoms with Crippen molar-refractivity contribution >= 4 is 45.6 Å². The van der Waals surface area contributed by atoms with Crippen LogP contribution in [0, 0.1) is 6.92 Å². The number of carbonyl (C=O) groups excluding carboxylic acids is 1. The fourth-order valence-electron chi connectivity index (χ4n) is 3.66. The van der Waals surface area contributed by atoms with Crippen LogP contribution in [-0.2, 0) is 4.74 Å². The number of aromatic nitrogens is 2. The molecule has 29 heavy (non-hydrogen) atoms. The number of anilines is 1. The molecule has 7 nitrogen and oxygen atoms in total. The van der Waals surface area contributed by atoms with Crippen molar-refractivity contribution in [2.24, 2.45) is 0 Å². The number of aryl methyl sites for hydroxylation is 1. The normalized spacial score (nSPS) is 17.3. The number of likely N-dealkylation sites (N-methyl/N-ethyl adjacent to an activating group) is 1.